The molecule has 3 N–H and O–H groups in total. The Morgan fingerprint density at radius 1 is 1.24 bits per heavy atom. The topological polar surface area (TPSA) is 95.3 Å². The number of hydrogen-bond acceptors (Lipinski definition) is 7. The van der Waals surface area contributed by atoms with Gasteiger partial charge in [-0.15, -0.1) is 0 Å². The van der Waals surface area contributed by atoms with Crippen molar-refractivity contribution in [2.75, 3.05) is 43.0 Å². The van der Waals surface area contributed by atoms with Gasteiger partial charge in [-0.25, -0.2) is 9.97 Å². The second kappa shape index (κ2) is 8.18. The minimum atomic E-state index is -0.235. The van der Waals surface area contributed by atoms with Gasteiger partial charge in [0.2, 0.25) is 0 Å². The van der Waals surface area contributed by atoms with Crippen molar-refractivity contribution < 1.29 is 5.11 Å². The van der Waals surface area contributed by atoms with Gasteiger partial charge in [-0.3, -0.25) is 4.79 Å². The van der Waals surface area contributed by atoms with Crippen LogP contribution >= 0.6 is 0 Å². The van der Waals surface area contributed by atoms with Crippen LogP contribution in [0.5, 0.6) is 0 Å². The second-order valence-electron chi connectivity index (χ2n) is 7.42. The van der Waals surface area contributed by atoms with Gasteiger partial charge in [0.25, 0.3) is 5.56 Å². The molecule has 0 saturated carbocycles. The van der Waals surface area contributed by atoms with E-state index in [1.54, 1.807) is 7.05 Å². The number of benzene rings is 1. The first-order valence-electron chi connectivity index (χ1n) is 9.86. The highest BCUT2D eigenvalue weighted by Crippen LogP contribution is 2.27. The van der Waals surface area contributed by atoms with Crippen molar-refractivity contribution in [2.24, 2.45) is 7.05 Å². The van der Waals surface area contributed by atoms with Gasteiger partial charge in [0.1, 0.15) is 11.2 Å². The van der Waals surface area contributed by atoms with Gasteiger partial charge >= 0.3 is 0 Å². The van der Waals surface area contributed by atoms with E-state index >= 15 is 0 Å². The van der Waals surface area contributed by atoms with E-state index in [1.165, 1.54) is 16.6 Å². The van der Waals surface area contributed by atoms with Crippen molar-refractivity contribution in [3.8, 4) is 11.3 Å². The van der Waals surface area contributed by atoms with E-state index in [9.17, 15) is 9.90 Å². The molecule has 1 aliphatic heterocycles. The van der Waals surface area contributed by atoms with Crippen LogP contribution in [-0.4, -0.2) is 58.5 Å². The number of anilines is 2. The molecule has 0 bridgehead atoms. The molecule has 1 aliphatic rings. The molecule has 3 heterocycles. The summed E-state index contributed by atoms with van der Waals surface area (Å²) in [6.07, 6.45) is 1.52. The number of piperazine rings is 1. The van der Waals surface area contributed by atoms with E-state index in [1.807, 2.05) is 25.1 Å². The lowest BCUT2D eigenvalue weighted by atomic mass is 10.1. The summed E-state index contributed by atoms with van der Waals surface area (Å²) in [5.41, 5.74) is 3.29. The number of aromatic nitrogens is 3. The zero-order valence-corrected chi connectivity index (χ0v) is 16.7. The minimum absolute atomic E-state index is 0.0621. The lowest BCUT2D eigenvalue weighted by Gasteiger charge is -2.29. The third kappa shape index (κ3) is 3.94. The molecule has 8 nitrogen and oxygen atoms in total. The van der Waals surface area contributed by atoms with E-state index in [4.69, 9.17) is 4.98 Å². The van der Waals surface area contributed by atoms with Gasteiger partial charge in [0.05, 0.1) is 24.1 Å². The van der Waals surface area contributed by atoms with Crippen LogP contribution in [0.15, 0.2) is 41.5 Å². The molecule has 0 aliphatic carbocycles. The lowest BCUT2D eigenvalue weighted by Crippen LogP contribution is -2.43. The molecular weight excluding hydrogens is 368 g/mol. The normalized spacial score (nSPS) is 15.5. The Labute approximate surface area is 169 Å². The van der Waals surface area contributed by atoms with Crippen molar-refractivity contribution in [1.29, 1.82) is 0 Å². The number of pyridine rings is 1. The molecule has 8 heteroatoms. The van der Waals surface area contributed by atoms with Crippen LogP contribution < -0.4 is 21.1 Å². The van der Waals surface area contributed by atoms with Crippen LogP contribution in [0.1, 0.15) is 6.92 Å². The first-order chi connectivity index (χ1) is 14.1. The summed E-state index contributed by atoms with van der Waals surface area (Å²) in [4.78, 5) is 24.1. The lowest BCUT2D eigenvalue weighted by molar-refractivity contribution is 0.281. The number of fused-ring (bicyclic) bond motifs is 1. The number of nitrogens with one attached hydrogen (secondary N) is 2. The quantitative estimate of drug-likeness (QED) is 0.598. The van der Waals surface area contributed by atoms with Crippen LogP contribution in [-0.2, 0) is 7.05 Å². The summed E-state index contributed by atoms with van der Waals surface area (Å²) >= 11 is 0. The monoisotopic (exact) mass is 394 g/mol. The van der Waals surface area contributed by atoms with E-state index in [2.05, 4.69) is 32.7 Å². The summed E-state index contributed by atoms with van der Waals surface area (Å²) < 4.78 is 1.43. The number of hydrogen-bond donors (Lipinski definition) is 3. The summed E-state index contributed by atoms with van der Waals surface area (Å²) in [6.45, 7) is 5.75. The van der Waals surface area contributed by atoms with Crippen LogP contribution in [0.3, 0.4) is 0 Å². The summed E-state index contributed by atoms with van der Waals surface area (Å²) in [5, 5.41) is 16.4. The maximum atomic E-state index is 12.7. The molecule has 4 rings (SSSR count). The van der Waals surface area contributed by atoms with E-state index in [-0.39, 0.29) is 18.2 Å². The van der Waals surface area contributed by atoms with Crippen molar-refractivity contribution >= 4 is 22.4 Å². The molecule has 1 saturated heterocycles. The second-order valence-corrected chi connectivity index (χ2v) is 7.42. The standard InChI is InChI=1S/C21H26N6O2/c1-14(12-28)24-20-19-18(23-13-26(2)21(19)29)11-17(25-20)15-3-5-16(6-4-15)27-9-7-22-8-10-27/h3-6,11,13-14,22,28H,7-10,12H2,1-2H3,(H,24,25)/t14-/m1/s1. The Balaban J connectivity index is 1.75. The van der Waals surface area contributed by atoms with E-state index < -0.39 is 0 Å². The average Bonchev–Trinajstić information content (AvgIpc) is 2.76. The molecule has 1 aromatic carbocycles. The summed E-state index contributed by atoms with van der Waals surface area (Å²) in [6, 6.07) is 9.91. The number of nitrogens with zero attached hydrogens (tertiary/aromatic N) is 4. The zero-order valence-electron chi connectivity index (χ0n) is 16.7. The molecule has 2 aromatic heterocycles. The molecule has 0 spiro atoms. The highest BCUT2D eigenvalue weighted by molar-refractivity contribution is 5.91. The molecule has 3 aromatic rings. The highest BCUT2D eigenvalue weighted by Gasteiger charge is 2.15. The number of aliphatic hydroxyl groups is 1. The Morgan fingerprint density at radius 3 is 2.66 bits per heavy atom. The highest BCUT2D eigenvalue weighted by atomic mass is 16.3. The van der Waals surface area contributed by atoms with Gasteiger partial charge in [-0.1, -0.05) is 12.1 Å². The first-order valence-corrected chi connectivity index (χ1v) is 9.86. The predicted octanol–water partition coefficient (Wildman–Crippen LogP) is 1.20. The van der Waals surface area contributed by atoms with Gasteiger partial charge in [0.15, 0.2) is 0 Å². The fraction of sp³-hybridized carbons (Fsp3) is 0.381. The van der Waals surface area contributed by atoms with Crippen LogP contribution in [0, 0.1) is 0 Å². The number of aryl methyl sites for hydroxylation is 1. The maximum absolute atomic E-state index is 12.7. The molecule has 0 radical (unpaired) electrons. The van der Waals surface area contributed by atoms with Crippen LogP contribution in [0.2, 0.25) is 0 Å². The molecule has 0 amide bonds. The van der Waals surface area contributed by atoms with Crippen molar-refractivity contribution in [3.05, 3.63) is 47.0 Å². The van der Waals surface area contributed by atoms with Crippen molar-refractivity contribution in [2.45, 2.75) is 13.0 Å². The fourth-order valence-electron chi connectivity index (χ4n) is 3.52. The zero-order chi connectivity index (χ0) is 20.4. The third-order valence-corrected chi connectivity index (χ3v) is 5.21. The average molecular weight is 394 g/mol. The van der Waals surface area contributed by atoms with E-state index in [0.717, 1.165) is 37.4 Å². The Morgan fingerprint density at radius 2 is 1.97 bits per heavy atom. The van der Waals surface area contributed by atoms with Crippen molar-refractivity contribution in [3.63, 3.8) is 0 Å². The van der Waals surface area contributed by atoms with Crippen LogP contribution in [0.25, 0.3) is 22.2 Å². The number of aliphatic hydroxyl groups excluding tert-OH is 1. The molecular formula is C21H26N6O2. The molecule has 29 heavy (non-hydrogen) atoms. The Bertz CT molecular complexity index is 1060. The Kier molecular flexibility index (Phi) is 5.46. The first kappa shape index (κ1) is 19.4. The minimum Gasteiger partial charge on any atom is -0.394 e. The van der Waals surface area contributed by atoms with E-state index in [0.29, 0.717) is 16.7 Å². The smallest absolute Gasteiger partial charge is 0.264 e. The fourth-order valence-corrected chi connectivity index (χ4v) is 3.52. The number of rotatable bonds is 5. The van der Waals surface area contributed by atoms with Gasteiger partial charge < -0.3 is 25.2 Å². The SMILES string of the molecule is C[C@H](CO)Nc1nc(-c2ccc(N3CCNCC3)cc2)cc2ncn(C)c(=O)c12. The van der Waals surface area contributed by atoms with Gasteiger partial charge in [-0.2, -0.15) is 0 Å². The molecule has 1 atom stereocenters. The van der Waals surface area contributed by atoms with Gasteiger partial charge in [-0.05, 0) is 25.1 Å². The van der Waals surface area contributed by atoms with Gasteiger partial charge in [0, 0.05) is 50.5 Å². The molecule has 1 fully saturated rings. The third-order valence-electron chi connectivity index (χ3n) is 5.21. The largest absolute Gasteiger partial charge is 0.394 e. The summed E-state index contributed by atoms with van der Waals surface area (Å²) in [7, 11) is 1.66. The maximum Gasteiger partial charge on any atom is 0.264 e. The predicted molar refractivity (Wildman–Crippen MR) is 115 cm³/mol. The van der Waals surface area contributed by atoms with Crippen LogP contribution in [0.4, 0.5) is 11.5 Å². The molecule has 152 valence electrons. The van der Waals surface area contributed by atoms with Crippen molar-refractivity contribution in [1.82, 2.24) is 19.9 Å². The summed E-state index contributed by atoms with van der Waals surface area (Å²) in [5.74, 6) is 0.443. The Hall–Kier alpha value is -2.97. The molecule has 0 unspecified atom stereocenters.